The van der Waals surface area contributed by atoms with Crippen molar-refractivity contribution in [1.82, 2.24) is 0 Å². The van der Waals surface area contributed by atoms with Crippen molar-refractivity contribution in [2.24, 2.45) is 23.7 Å². The molecular weight excluding hydrogens is 236 g/mol. The third-order valence-electron chi connectivity index (χ3n) is 4.98. The van der Waals surface area contributed by atoms with Crippen molar-refractivity contribution in [2.75, 3.05) is 6.61 Å². The minimum absolute atomic E-state index is 0.135. The maximum absolute atomic E-state index is 9.42. The fraction of sp³-hybridized carbons (Fsp3) is 0.529. The average molecular weight is 258 g/mol. The molecule has 0 saturated carbocycles. The first-order chi connectivity index (χ1) is 9.08. The van der Waals surface area contributed by atoms with Crippen LogP contribution in [-0.4, -0.2) is 11.7 Å². The number of ether oxygens (including phenoxy) is 1. The molecule has 0 spiro atoms. The van der Waals surface area contributed by atoms with Crippen LogP contribution in [0.15, 0.2) is 35.9 Å². The minimum Gasteiger partial charge on any atom is -0.508 e. The van der Waals surface area contributed by atoms with Crippen LogP contribution in [0.1, 0.15) is 32.4 Å². The van der Waals surface area contributed by atoms with Crippen LogP contribution >= 0.6 is 0 Å². The van der Waals surface area contributed by atoms with Crippen LogP contribution in [0.25, 0.3) is 0 Å². The molecule has 2 nitrogen and oxygen atoms in total. The molecule has 1 aliphatic carbocycles. The van der Waals surface area contributed by atoms with Gasteiger partial charge >= 0.3 is 0 Å². The largest absolute Gasteiger partial charge is 0.508 e. The normalized spacial score (nSPS) is 37.8. The Morgan fingerprint density at radius 1 is 1.16 bits per heavy atom. The molecule has 1 heterocycles. The average Bonchev–Trinajstić information content (AvgIpc) is 2.37. The first kappa shape index (κ1) is 12.7. The van der Waals surface area contributed by atoms with E-state index in [2.05, 4.69) is 26.8 Å². The van der Waals surface area contributed by atoms with Gasteiger partial charge in [-0.15, -0.1) is 0 Å². The smallest absolute Gasteiger partial charge is 0.115 e. The van der Waals surface area contributed by atoms with Gasteiger partial charge in [-0.2, -0.15) is 0 Å². The molecule has 1 aliphatic heterocycles. The first-order valence-electron chi connectivity index (χ1n) is 7.16. The predicted octanol–water partition coefficient (Wildman–Crippen LogP) is 3.93. The number of phenolic OH excluding ortho intramolecular Hbond substituents is 1. The molecule has 2 bridgehead atoms. The number of rotatable bonds is 1. The Morgan fingerprint density at radius 2 is 1.84 bits per heavy atom. The summed E-state index contributed by atoms with van der Waals surface area (Å²) in [6, 6.07) is 7.47. The summed E-state index contributed by atoms with van der Waals surface area (Å²) in [5, 5.41) is 9.42. The molecule has 1 saturated heterocycles. The number of fused-ring (bicyclic) bond motifs is 2. The summed E-state index contributed by atoms with van der Waals surface area (Å²) in [7, 11) is 0. The van der Waals surface area contributed by atoms with Crippen molar-refractivity contribution in [3.05, 3.63) is 41.5 Å². The highest BCUT2D eigenvalue weighted by Crippen LogP contribution is 2.49. The molecule has 0 aromatic heterocycles. The lowest BCUT2D eigenvalue weighted by Gasteiger charge is -2.47. The monoisotopic (exact) mass is 258 g/mol. The topological polar surface area (TPSA) is 29.5 Å². The van der Waals surface area contributed by atoms with Crippen LogP contribution in [0.2, 0.25) is 0 Å². The lowest BCUT2D eigenvalue weighted by molar-refractivity contribution is -0.0934. The van der Waals surface area contributed by atoms with Crippen molar-refractivity contribution >= 4 is 0 Å². The second-order valence-corrected chi connectivity index (χ2v) is 6.16. The van der Waals surface area contributed by atoms with Gasteiger partial charge in [-0.1, -0.05) is 37.6 Å². The highest BCUT2D eigenvalue weighted by Gasteiger charge is 2.43. The summed E-state index contributed by atoms with van der Waals surface area (Å²) in [4.78, 5) is 0. The quantitative estimate of drug-likeness (QED) is 0.773. The standard InChI is InChI=1S/C17H22O2/c1-10-8-11(2)16-12(3)15(10)9-19-17(16)13-4-6-14(18)7-5-13/h4-8,10,12,15-18H,9H2,1-3H3/t10-,12+,15-,16+,17+/m1/s1. The highest BCUT2D eigenvalue weighted by molar-refractivity contribution is 5.30. The van der Waals surface area contributed by atoms with E-state index in [4.69, 9.17) is 4.74 Å². The van der Waals surface area contributed by atoms with E-state index in [1.54, 1.807) is 12.1 Å². The molecule has 2 aliphatic rings. The van der Waals surface area contributed by atoms with Crippen LogP contribution in [0, 0.1) is 23.7 Å². The molecule has 0 amide bonds. The molecule has 102 valence electrons. The lowest BCUT2D eigenvalue weighted by Crippen LogP contribution is -2.42. The van der Waals surface area contributed by atoms with Crippen molar-refractivity contribution < 1.29 is 9.84 Å². The number of benzene rings is 1. The Balaban J connectivity index is 1.96. The van der Waals surface area contributed by atoms with Gasteiger partial charge in [-0.25, -0.2) is 0 Å². The summed E-state index contributed by atoms with van der Waals surface area (Å²) >= 11 is 0. The highest BCUT2D eigenvalue weighted by atomic mass is 16.5. The van der Waals surface area contributed by atoms with E-state index in [0.29, 0.717) is 29.4 Å². The van der Waals surface area contributed by atoms with Crippen LogP contribution < -0.4 is 0 Å². The van der Waals surface area contributed by atoms with Crippen molar-refractivity contribution in [2.45, 2.75) is 26.9 Å². The van der Waals surface area contributed by atoms with E-state index < -0.39 is 0 Å². The van der Waals surface area contributed by atoms with Crippen molar-refractivity contribution in [1.29, 1.82) is 0 Å². The number of hydrogen-bond acceptors (Lipinski definition) is 2. The van der Waals surface area contributed by atoms with Gasteiger partial charge in [-0.05, 0) is 42.4 Å². The maximum Gasteiger partial charge on any atom is 0.115 e. The Kier molecular flexibility index (Phi) is 3.14. The number of aromatic hydroxyl groups is 1. The third kappa shape index (κ3) is 2.08. The molecule has 1 N–H and O–H groups in total. The Bertz CT molecular complexity index is 488. The molecule has 1 fully saturated rings. The maximum atomic E-state index is 9.42. The second kappa shape index (κ2) is 4.68. The van der Waals surface area contributed by atoms with E-state index >= 15 is 0 Å². The molecule has 5 atom stereocenters. The predicted molar refractivity (Wildman–Crippen MR) is 75.9 cm³/mol. The van der Waals surface area contributed by atoms with Crippen LogP contribution in [0.3, 0.4) is 0 Å². The summed E-state index contributed by atoms with van der Waals surface area (Å²) in [5.74, 6) is 2.70. The van der Waals surface area contributed by atoms with Gasteiger partial charge in [0, 0.05) is 5.92 Å². The second-order valence-electron chi connectivity index (χ2n) is 6.16. The molecule has 19 heavy (non-hydrogen) atoms. The molecule has 3 rings (SSSR count). The lowest BCUT2D eigenvalue weighted by atomic mass is 9.64. The van der Waals surface area contributed by atoms with E-state index in [1.807, 2.05) is 12.1 Å². The molecule has 1 aromatic carbocycles. The Hall–Kier alpha value is -1.28. The fourth-order valence-corrected chi connectivity index (χ4v) is 3.91. The van der Waals surface area contributed by atoms with Gasteiger partial charge in [-0.3, -0.25) is 0 Å². The molecule has 0 radical (unpaired) electrons. The van der Waals surface area contributed by atoms with Crippen LogP contribution in [0.4, 0.5) is 0 Å². The van der Waals surface area contributed by atoms with Gasteiger partial charge < -0.3 is 9.84 Å². The molecular formula is C17H22O2. The SMILES string of the molecule is CC1=C[C@@H](C)[C@H]2CO[C@@H](c3ccc(O)cc3)[C@@H]1[C@H]2C. The fourth-order valence-electron chi connectivity index (χ4n) is 3.91. The zero-order valence-electron chi connectivity index (χ0n) is 11.8. The molecule has 1 aromatic rings. The van der Waals surface area contributed by atoms with Gasteiger partial charge in [0.15, 0.2) is 0 Å². The summed E-state index contributed by atoms with van der Waals surface area (Å²) in [6.07, 6.45) is 2.56. The van der Waals surface area contributed by atoms with Gasteiger partial charge in [0.1, 0.15) is 5.75 Å². The zero-order chi connectivity index (χ0) is 13.6. The summed E-state index contributed by atoms with van der Waals surface area (Å²) in [6.45, 7) is 7.73. The van der Waals surface area contributed by atoms with Crippen LogP contribution in [0.5, 0.6) is 5.75 Å². The molecule has 2 heteroatoms. The number of hydrogen-bond donors (Lipinski definition) is 1. The molecule has 0 unspecified atom stereocenters. The van der Waals surface area contributed by atoms with E-state index in [1.165, 1.54) is 11.1 Å². The van der Waals surface area contributed by atoms with Crippen molar-refractivity contribution in [3.8, 4) is 5.75 Å². The first-order valence-corrected chi connectivity index (χ1v) is 7.16. The van der Waals surface area contributed by atoms with Crippen LogP contribution in [-0.2, 0) is 4.74 Å². The summed E-state index contributed by atoms with van der Waals surface area (Å²) in [5.41, 5.74) is 2.63. The number of allylic oxidation sites excluding steroid dienone is 1. The minimum atomic E-state index is 0.135. The van der Waals surface area contributed by atoms with E-state index in [-0.39, 0.29) is 6.10 Å². The summed E-state index contributed by atoms with van der Waals surface area (Å²) < 4.78 is 6.16. The Morgan fingerprint density at radius 3 is 2.53 bits per heavy atom. The third-order valence-corrected chi connectivity index (χ3v) is 4.98. The van der Waals surface area contributed by atoms with Crippen molar-refractivity contribution in [3.63, 3.8) is 0 Å². The Labute approximate surface area is 115 Å². The number of phenols is 1. The van der Waals surface area contributed by atoms with E-state index in [0.717, 1.165) is 6.61 Å². The zero-order valence-corrected chi connectivity index (χ0v) is 11.8. The van der Waals surface area contributed by atoms with Gasteiger partial charge in [0.25, 0.3) is 0 Å². The van der Waals surface area contributed by atoms with Gasteiger partial charge in [0.2, 0.25) is 0 Å². The van der Waals surface area contributed by atoms with E-state index in [9.17, 15) is 5.11 Å². The van der Waals surface area contributed by atoms with Gasteiger partial charge in [0.05, 0.1) is 12.7 Å².